The first-order chi connectivity index (χ1) is 14.2. The summed E-state index contributed by atoms with van der Waals surface area (Å²) in [6.07, 6.45) is 1.52. The molecule has 0 spiro atoms. The number of nitrogens with one attached hydrogen (secondary N) is 2. The van der Waals surface area contributed by atoms with Gasteiger partial charge in [0, 0.05) is 6.42 Å². The number of amides is 2. The van der Waals surface area contributed by atoms with Gasteiger partial charge in [0.25, 0.3) is 0 Å². The molecule has 2 amide bonds. The number of ether oxygens (including phenoxy) is 3. The smallest absolute Gasteiger partial charge is 0.329 e. The lowest BCUT2D eigenvalue weighted by Gasteiger charge is -2.26. The number of methoxy groups -OCH3 is 1. The molecule has 2 atom stereocenters. The zero-order valence-electron chi connectivity index (χ0n) is 19.8. The molecule has 0 aromatic heterocycles. The molecule has 0 aliphatic heterocycles. The van der Waals surface area contributed by atoms with Crippen LogP contribution in [0.3, 0.4) is 0 Å². The second-order valence-corrected chi connectivity index (χ2v) is 9.19. The lowest BCUT2D eigenvalue weighted by molar-refractivity contribution is -0.158. The van der Waals surface area contributed by atoms with Gasteiger partial charge in [0.05, 0.1) is 7.11 Å². The summed E-state index contributed by atoms with van der Waals surface area (Å²) in [6.45, 7) is 10.8. The van der Waals surface area contributed by atoms with Gasteiger partial charge in [-0.15, -0.1) is 0 Å². The SMILES string of the molecule is COC(=O)[C@H](CCCCN)NC(=O)N[C@H](CCC(=O)OC(C)(C)C)C(=O)OC(C)(C)C. The van der Waals surface area contributed by atoms with E-state index < -0.39 is 47.2 Å². The molecule has 0 saturated heterocycles. The Bertz CT molecular complexity index is 609. The molecular formula is C21H39N3O7. The predicted octanol–water partition coefficient (Wildman–Crippen LogP) is 1.79. The van der Waals surface area contributed by atoms with E-state index in [1.54, 1.807) is 41.5 Å². The number of hydrogen-bond acceptors (Lipinski definition) is 8. The molecule has 0 fully saturated rings. The Labute approximate surface area is 184 Å². The van der Waals surface area contributed by atoms with Crippen molar-refractivity contribution in [2.24, 2.45) is 5.73 Å². The van der Waals surface area contributed by atoms with E-state index in [9.17, 15) is 19.2 Å². The van der Waals surface area contributed by atoms with Gasteiger partial charge >= 0.3 is 23.9 Å². The molecule has 0 aliphatic rings. The monoisotopic (exact) mass is 445 g/mol. The van der Waals surface area contributed by atoms with Crippen molar-refractivity contribution in [1.82, 2.24) is 10.6 Å². The maximum Gasteiger partial charge on any atom is 0.329 e. The average Bonchev–Trinajstić information content (AvgIpc) is 2.60. The van der Waals surface area contributed by atoms with Gasteiger partial charge in [-0.25, -0.2) is 14.4 Å². The summed E-state index contributed by atoms with van der Waals surface area (Å²) in [7, 11) is 1.22. The van der Waals surface area contributed by atoms with Crippen LogP contribution in [0.4, 0.5) is 4.79 Å². The summed E-state index contributed by atoms with van der Waals surface area (Å²) in [5, 5.41) is 5.00. The number of carbonyl (C=O) groups excluding carboxylic acids is 4. The van der Waals surface area contributed by atoms with Crippen LogP contribution in [0, 0.1) is 0 Å². The highest BCUT2D eigenvalue weighted by molar-refractivity contribution is 5.87. The number of unbranched alkanes of at least 4 members (excludes halogenated alkanes) is 1. The fraction of sp³-hybridized carbons (Fsp3) is 0.810. The summed E-state index contributed by atoms with van der Waals surface area (Å²) < 4.78 is 15.3. The molecule has 0 rings (SSSR count). The van der Waals surface area contributed by atoms with Crippen LogP contribution in [0.1, 0.15) is 73.6 Å². The van der Waals surface area contributed by atoms with Gasteiger partial charge in [0.15, 0.2) is 0 Å². The van der Waals surface area contributed by atoms with E-state index in [0.29, 0.717) is 25.8 Å². The molecule has 0 bridgehead atoms. The molecule has 0 heterocycles. The van der Waals surface area contributed by atoms with Crippen molar-refractivity contribution >= 4 is 23.9 Å². The van der Waals surface area contributed by atoms with Crippen LogP contribution in [-0.2, 0) is 28.6 Å². The quantitative estimate of drug-likeness (QED) is 0.248. The minimum absolute atomic E-state index is 0.0205. The zero-order chi connectivity index (χ0) is 24.2. The van der Waals surface area contributed by atoms with E-state index in [0.717, 1.165) is 0 Å². The lowest BCUT2D eigenvalue weighted by Crippen LogP contribution is -2.52. The van der Waals surface area contributed by atoms with Crippen molar-refractivity contribution in [3.8, 4) is 0 Å². The highest BCUT2D eigenvalue weighted by Gasteiger charge is 2.30. The fourth-order valence-corrected chi connectivity index (χ4v) is 2.52. The molecule has 10 heteroatoms. The molecule has 0 aromatic rings. The number of hydrogen-bond donors (Lipinski definition) is 3. The van der Waals surface area contributed by atoms with Crippen LogP contribution in [-0.4, -0.2) is 60.9 Å². The molecule has 0 radical (unpaired) electrons. The first-order valence-electron chi connectivity index (χ1n) is 10.5. The molecule has 31 heavy (non-hydrogen) atoms. The van der Waals surface area contributed by atoms with Gasteiger partial charge in [-0.3, -0.25) is 4.79 Å². The zero-order valence-corrected chi connectivity index (χ0v) is 19.8. The maximum atomic E-state index is 12.6. The van der Waals surface area contributed by atoms with Gasteiger partial charge in [-0.05, 0) is 73.8 Å². The van der Waals surface area contributed by atoms with Crippen LogP contribution in [0.15, 0.2) is 0 Å². The summed E-state index contributed by atoms with van der Waals surface area (Å²) in [4.78, 5) is 49.0. The molecule has 0 unspecified atom stereocenters. The van der Waals surface area contributed by atoms with Gasteiger partial charge in [0.2, 0.25) is 0 Å². The molecule has 4 N–H and O–H groups in total. The van der Waals surface area contributed by atoms with Gasteiger partial charge < -0.3 is 30.6 Å². The standard InChI is InChI=1S/C21H39N3O7/c1-20(2,3)30-16(25)12-11-15(18(27)31-21(4,5)6)24-19(28)23-14(17(26)29-7)10-8-9-13-22/h14-15H,8-13,22H2,1-7H3,(H2,23,24,28)/t14-,15+/m0/s1. The van der Waals surface area contributed by atoms with E-state index in [-0.39, 0.29) is 12.8 Å². The third-order valence-electron chi connectivity index (χ3n) is 3.79. The Morgan fingerprint density at radius 2 is 1.32 bits per heavy atom. The molecule has 0 aromatic carbocycles. The Morgan fingerprint density at radius 1 is 0.806 bits per heavy atom. The number of esters is 3. The number of nitrogens with two attached hydrogens (primary N) is 1. The Morgan fingerprint density at radius 3 is 1.77 bits per heavy atom. The Balaban J connectivity index is 5.16. The second kappa shape index (κ2) is 13.1. The van der Waals surface area contributed by atoms with Crippen LogP contribution in [0.25, 0.3) is 0 Å². The third-order valence-corrected chi connectivity index (χ3v) is 3.79. The summed E-state index contributed by atoms with van der Waals surface area (Å²) in [5.74, 6) is -1.80. The van der Waals surface area contributed by atoms with Crippen molar-refractivity contribution in [3.05, 3.63) is 0 Å². The number of urea groups is 1. The van der Waals surface area contributed by atoms with Crippen molar-refractivity contribution in [2.45, 2.75) is 96.9 Å². The van der Waals surface area contributed by atoms with E-state index in [4.69, 9.17) is 19.9 Å². The van der Waals surface area contributed by atoms with Crippen LogP contribution in [0.2, 0.25) is 0 Å². The number of rotatable bonds is 11. The molecule has 10 nitrogen and oxygen atoms in total. The molecule has 0 aliphatic carbocycles. The van der Waals surface area contributed by atoms with Crippen molar-refractivity contribution in [3.63, 3.8) is 0 Å². The summed E-state index contributed by atoms with van der Waals surface area (Å²) >= 11 is 0. The predicted molar refractivity (Wildman–Crippen MR) is 115 cm³/mol. The van der Waals surface area contributed by atoms with Gasteiger partial charge in [0.1, 0.15) is 23.3 Å². The van der Waals surface area contributed by atoms with Crippen molar-refractivity contribution in [2.75, 3.05) is 13.7 Å². The minimum Gasteiger partial charge on any atom is -0.467 e. The van der Waals surface area contributed by atoms with Crippen molar-refractivity contribution in [1.29, 1.82) is 0 Å². The van der Waals surface area contributed by atoms with Crippen molar-refractivity contribution < 1.29 is 33.4 Å². The number of carbonyl (C=O) groups is 4. The normalized spacial score (nSPS) is 13.5. The Hall–Kier alpha value is -2.36. The van der Waals surface area contributed by atoms with E-state index in [2.05, 4.69) is 10.6 Å². The lowest BCUT2D eigenvalue weighted by atomic mass is 10.1. The second-order valence-electron chi connectivity index (χ2n) is 9.19. The van der Waals surface area contributed by atoms with Crippen LogP contribution in [0.5, 0.6) is 0 Å². The van der Waals surface area contributed by atoms with E-state index in [1.807, 2.05) is 0 Å². The molecule has 180 valence electrons. The van der Waals surface area contributed by atoms with Crippen LogP contribution < -0.4 is 16.4 Å². The first-order valence-corrected chi connectivity index (χ1v) is 10.5. The van der Waals surface area contributed by atoms with Gasteiger partial charge in [-0.2, -0.15) is 0 Å². The molecular weight excluding hydrogens is 406 g/mol. The largest absolute Gasteiger partial charge is 0.467 e. The van der Waals surface area contributed by atoms with E-state index in [1.165, 1.54) is 7.11 Å². The third kappa shape index (κ3) is 14.3. The van der Waals surface area contributed by atoms with E-state index >= 15 is 0 Å². The first kappa shape index (κ1) is 28.6. The highest BCUT2D eigenvalue weighted by Crippen LogP contribution is 2.13. The van der Waals surface area contributed by atoms with Gasteiger partial charge in [-0.1, -0.05) is 0 Å². The average molecular weight is 446 g/mol. The highest BCUT2D eigenvalue weighted by atomic mass is 16.6. The summed E-state index contributed by atoms with van der Waals surface area (Å²) in [5.41, 5.74) is 4.02. The minimum atomic E-state index is -1.10. The Kier molecular flexibility index (Phi) is 12.1. The topological polar surface area (TPSA) is 146 Å². The fourth-order valence-electron chi connectivity index (χ4n) is 2.52. The van der Waals surface area contributed by atoms with Crippen LogP contribution >= 0.6 is 0 Å². The maximum absolute atomic E-state index is 12.6. The summed E-state index contributed by atoms with van der Waals surface area (Å²) in [6, 6.07) is -2.74. The molecule has 0 saturated carbocycles.